The van der Waals surface area contributed by atoms with E-state index in [0.29, 0.717) is 12.8 Å². The summed E-state index contributed by atoms with van der Waals surface area (Å²) in [4.78, 5) is 26.6. The molecule has 0 bridgehead atoms. The van der Waals surface area contributed by atoms with Gasteiger partial charge in [-0.05, 0) is 89.9 Å². The highest BCUT2D eigenvalue weighted by molar-refractivity contribution is 5.80. The standard InChI is InChI=1S/C69H125NO10/c1-4-7-10-13-16-19-22-25-27-28-29-30-31-32-33-34-35-36-37-39-42-45-48-51-54-57-64(74)80-67-66(76)65(75)63(58-71)79-69(67)78-59-60(61(72)55-52-49-46-43-40-24-21-18-15-12-9-6-3)70-68(77)62(73)56-53-50-47-44-41-38-26-23-20-17-14-11-8-5-2/h16,19-20,23,25,27,29-30,52,55,60-63,65-67,69,71-73,75-76H,4-15,17-18,21-22,24,26,28,31-51,53-54,56-59H2,1-3H3,(H,70,77)/b19-16-,23-20-,27-25-,30-29-,55-52+. The van der Waals surface area contributed by atoms with Gasteiger partial charge in [0, 0.05) is 6.42 Å². The molecule has 80 heavy (non-hydrogen) atoms. The third-order valence-electron chi connectivity index (χ3n) is 15.6. The van der Waals surface area contributed by atoms with Gasteiger partial charge < -0.3 is 45.1 Å². The van der Waals surface area contributed by atoms with E-state index < -0.39 is 67.4 Å². The van der Waals surface area contributed by atoms with Crippen LogP contribution >= 0.6 is 0 Å². The van der Waals surface area contributed by atoms with Crippen LogP contribution in [0.1, 0.15) is 303 Å². The van der Waals surface area contributed by atoms with Crippen LogP contribution in [0.15, 0.2) is 60.8 Å². The van der Waals surface area contributed by atoms with Crippen LogP contribution in [0.25, 0.3) is 0 Å². The predicted octanol–water partition coefficient (Wildman–Crippen LogP) is 16.6. The highest BCUT2D eigenvalue weighted by Crippen LogP contribution is 2.26. The number of nitrogens with one attached hydrogen (secondary N) is 1. The third-order valence-corrected chi connectivity index (χ3v) is 15.6. The van der Waals surface area contributed by atoms with Gasteiger partial charge in [0.1, 0.15) is 24.4 Å². The molecule has 11 heteroatoms. The van der Waals surface area contributed by atoms with Crippen LogP contribution in [0.4, 0.5) is 0 Å². The zero-order valence-electron chi connectivity index (χ0n) is 51.7. The predicted molar refractivity (Wildman–Crippen MR) is 333 cm³/mol. The number of ether oxygens (including phenoxy) is 3. The monoisotopic (exact) mass is 1130 g/mol. The van der Waals surface area contributed by atoms with Gasteiger partial charge in [-0.2, -0.15) is 0 Å². The summed E-state index contributed by atoms with van der Waals surface area (Å²) in [6.45, 7) is 5.76. The second kappa shape index (κ2) is 56.8. The van der Waals surface area contributed by atoms with E-state index in [2.05, 4.69) is 74.7 Å². The Morgan fingerprint density at radius 2 is 0.863 bits per heavy atom. The van der Waals surface area contributed by atoms with Crippen LogP contribution in [0.5, 0.6) is 0 Å². The van der Waals surface area contributed by atoms with Gasteiger partial charge in [0.25, 0.3) is 0 Å². The van der Waals surface area contributed by atoms with Crippen molar-refractivity contribution in [1.82, 2.24) is 5.32 Å². The van der Waals surface area contributed by atoms with Crippen LogP contribution in [-0.4, -0.2) is 99.6 Å². The molecule has 0 aromatic rings. The van der Waals surface area contributed by atoms with Crippen molar-refractivity contribution in [3.05, 3.63) is 60.8 Å². The maximum atomic E-state index is 13.4. The van der Waals surface area contributed by atoms with E-state index in [1.165, 1.54) is 173 Å². The molecule has 0 aromatic carbocycles. The molecule has 1 aliphatic rings. The molecule has 0 radical (unpaired) electrons. The lowest BCUT2D eigenvalue weighted by atomic mass is 9.99. The molecule has 1 heterocycles. The van der Waals surface area contributed by atoms with Gasteiger partial charge in [-0.25, -0.2) is 0 Å². The van der Waals surface area contributed by atoms with Crippen LogP contribution in [-0.2, 0) is 23.8 Å². The second-order valence-corrected chi connectivity index (χ2v) is 23.2. The molecule has 0 spiro atoms. The lowest BCUT2D eigenvalue weighted by molar-refractivity contribution is -0.305. The minimum atomic E-state index is -1.62. The number of aliphatic hydroxyl groups excluding tert-OH is 5. The maximum Gasteiger partial charge on any atom is 0.306 e. The molecule has 8 atom stereocenters. The minimum Gasteiger partial charge on any atom is -0.454 e. The number of hydrogen-bond acceptors (Lipinski definition) is 10. The summed E-state index contributed by atoms with van der Waals surface area (Å²) in [7, 11) is 0. The fourth-order valence-electron chi connectivity index (χ4n) is 10.3. The topological polar surface area (TPSA) is 175 Å². The Morgan fingerprint density at radius 1 is 0.487 bits per heavy atom. The fourth-order valence-corrected chi connectivity index (χ4v) is 10.3. The highest BCUT2D eigenvalue weighted by atomic mass is 16.7. The van der Waals surface area contributed by atoms with E-state index in [1.54, 1.807) is 6.08 Å². The van der Waals surface area contributed by atoms with Gasteiger partial charge in [0.2, 0.25) is 5.91 Å². The number of carbonyl (C=O) groups is 2. The number of amides is 1. The zero-order chi connectivity index (χ0) is 58.2. The molecular formula is C69H125NO10. The molecule has 0 aromatic heterocycles. The Morgan fingerprint density at radius 3 is 1.34 bits per heavy atom. The summed E-state index contributed by atoms with van der Waals surface area (Å²) in [6.07, 6.45) is 61.1. The summed E-state index contributed by atoms with van der Waals surface area (Å²) in [5, 5.41) is 57.1. The van der Waals surface area contributed by atoms with Gasteiger partial charge >= 0.3 is 5.97 Å². The smallest absolute Gasteiger partial charge is 0.306 e. The Hall–Kier alpha value is -2.64. The first kappa shape index (κ1) is 75.4. The minimum absolute atomic E-state index is 0.120. The Labute approximate surface area is 490 Å². The SMILES string of the molecule is CCCCC/C=C\C/C=C\C/C=C\CCCCCCCCCCCCCCC(=O)OC1C(OCC(NC(=O)C(O)CCCCCCCC/C=C\CCCCCC)C(O)/C=C/CCCCCCCCCCCC)OC(CO)C(O)C1O. The van der Waals surface area contributed by atoms with Crippen molar-refractivity contribution < 1.29 is 49.3 Å². The number of carbonyl (C=O) groups excluding carboxylic acids is 2. The van der Waals surface area contributed by atoms with E-state index in [9.17, 15) is 35.1 Å². The van der Waals surface area contributed by atoms with E-state index in [1.807, 2.05) is 6.08 Å². The van der Waals surface area contributed by atoms with Crippen molar-refractivity contribution in [2.24, 2.45) is 0 Å². The largest absolute Gasteiger partial charge is 0.454 e. The van der Waals surface area contributed by atoms with Crippen molar-refractivity contribution in [2.45, 2.75) is 352 Å². The van der Waals surface area contributed by atoms with E-state index in [0.717, 1.165) is 83.5 Å². The van der Waals surface area contributed by atoms with E-state index >= 15 is 0 Å². The van der Waals surface area contributed by atoms with Crippen LogP contribution in [0.2, 0.25) is 0 Å². The second-order valence-electron chi connectivity index (χ2n) is 23.2. The number of esters is 1. The maximum absolute atomic E-state index is 13.4. The molecule has 1 amide bonds. The van der Waals surface area contributed by atoms with Crippen LogP contribution in [0.3, 0.4) is 0 Å². The summed E-state index contributed by atoms with van der Waals surface area (Å²) in [6, 6.07) is -1.03. The number of allylic oxidation sites excluding steroid dienone is 9. The number of hydrogen-bond donors (Lipinski definition) is 6. The first-order valence-corrected chi connectivity index (χ1v) is 33.6. The Balaban J connectivity index is 2.58. The lowest BCUT2D eigenvalue weighted by Crippen LogP contribution is -2.61. The normalized spacial score (nSPS) is 19.1. The molecular weight excluding hydrogens is 1000 g/mol. The lowest BCUT2D eigenvalue weighted by Gasteiger charge is -2.41. The molecule has 1 aliphatic heterocycles. The van der Waals surface area contributed by atoms with Crippen molar-refractivity contribution in [2.75, 3.05) is 13.2 Å². The quantitative estimate of drug-likeness (QED) is 0.0195. The Kier molecular flexibility index (Phi) is 53.5. The van der Waals surface area contributed by atoms with Crippen LogP contribution in [0, 0.1) is 0 Å². The summed E-state index contributed by atoms with van der Waals surface area (Å²) in [5.74, 6) is -1.20. The molecule has 1 fully saturated rings. The molecule has 1 rings (SSSR count). The Bertz CT molecular complexity index is 1530. The van der Waals surface area contributed by atoms with Gasteiger partial charge in [0.05, 0.1) is 25.4 Å². The summed E-state index contributed by atoms with van der Waals surface area (Å²) >= 11 is 0. The van der Waals surface area contributed by atoms with Crippen molar-refractivity contribution in [3.63, 3.8) is 0 Å². The third kappa shape index (κ3) is 44.0. The molecule has 466 valence electrons. The van der Waals surface area contributed by atoms with E-state index in [4.69, 9.17) is 14.2 Å². The van der Waals surface area contributed by atoms with Crippen molar-refractivity contribution in [1.29, 1.82) is 0 Å². The number of aliphatic hydroxyl groups is 5. The van der Waals surface area contributed by atoms with Crippen LogP contribution < -0.4 is 5.32 Å². The van der Waals surface area contributed by atoms with Crippen molar-refractivity contribution >= 4 is 11.9 Å². The fraction of sp³-hybridized carbons (Fsp3) is 0.826. The number of unbranched alkanes of at least 4 members (excludes halogenated alkanes) is 35. The molecule has 11 nitrogen and oxygen atoms in total. The molecule has 1 saturated heterocycles. The molecule has 6 N–H and O–H groups in total. The van der Waals surface area contributed by atoms with Gasteiger partial charge in [-0.3, -0.25) is 9.59 Å². The zero-order valence-corrected chi connectivity index (χ0v) is 51.7. The first-order valence-electron chi connectivity index (χ1n) is 33.6. The molecule has 8 unspecified atom stereocenters. The summed E-state index contributed by atoms with van der Waals surface area (Å²) < 4.78 is 17.7. The molecule has 0 aliphatic carbocycles. The summed E-state index contributed by atoms with van der Waals surface area (Å²) in [5.41, 5.74) is 0. The van der Waals surface area contributed by atoms with Crippen molar-refractivity contribution in [3.8, 4) is 0 Å². The first-order chi connectivity index (χ1) is 39.2. The van der Waals surface area contributed by atoms with Gasteiger partial charge in [0.15, 0.2) is 12.4 Å². The van der Waals surface area contributed by atoms with Gasteiger partial charge in [-0.15, -0.1) is 0 Å². The number of rotatable bonds is 57. The average Bonchev–Trinajstić information content (AvgIpc) is 3.46. The van der Waals surface area contributed by atoms with Gasteiger partial charge in [-0.1, -0.05) is 268 Å². The highest BCUT2D eigenvalue weighted by Gasteiger charge is 2.47. The van der Waals surface area contributed by atoms with E-state index in [-0.39, 0.29) is 19.4 Å². The average molecular weight is 1130 g/mol. The molecule has 0 saturated carbocycles.